The number of likely N-dealkylation sites (tertiary alicyclic amines) is 1. The first kappa shape index (κ1) is 17.5. The quantitative estimate of drug-likeness (QED) is 0.479. The van der Waals surface area contributed by atoms with Crippen LogP contribution in [-0.2, 0) is 9.59 Å². The van der Waals surface area contributed by atoms with Gasteiger partial charge in [-0.3, -0.25) is 14.5 Å². The van der Waals surface area contributed by atoms with Crippen LogP contribution >= 0.6 is 11.8 Å². The molecule has 4 heteroatoms. The molecule has 0 bridgehead atoms. The van der Waals surface area contributed by atoms with E-state index >= 15 is 0 Å². The molecule has 0 radical (unpaired) electrons. The molecule has 1 aliphatic rings. The lowest BCUT2D eigenvalue weighted by Gasteiger charge is -2.15. The predicted octanol–water partition coefficient (Wildman–Crippen LogP) is 3.86. The molecule has 0 aromatic heterocycles. The number of nitrogens with zero attached hydrogens (tertiary/aromatic N) is 1. The van der Waals surface area contributed by atoms with E-state index in [1.54, 1.807) is 11.8 Å². The lowest BCUT2D eigenvalue weighted by Crippen LogP contribution is -2.32. The van der Waals surface area contributed by atoms with E-state index in [9.17, 15) is 9.59 Å². The van der Waals surface area contributed by atoms with Crippen LogP contribution in [0.4, 0.5) is 0 Å². The van der Waals surface area contributed by atoms with Gasteiger partial charge in [0.1, 0.15) is 0 Å². The second kappa shape index (κ2) is 8.71. The van der Waals surface area contributed by atoms with Gasteiger partial charge in [0.25, 0.3) is 0 Å². The van der Waals surface area contributed by atoms with Crippen LogP contribution in [0.3, 0.4) is 0 Å². The lowest BCUT2D eigenvalue weighted by molar-refractivity contribution is -0.138. The largest absolute Gasteiger partial charge is 0.282 e. The highest BCUT2D eigenvalue weighted by atomic mass is 32.2. The van der Waals surface area contributed by atoms with E-state index in [-0.39, 0.29) is 17.1 Å². The van der Waals surface area contributed by atoms with Gasteiger partial charge >= 0.3 is 0 Å². The first-order chi connectivity index (χ1) is 9.41. The van der Waals surface area contributed by atoms with Gasteiger partial charge in [0.2, 0.25) is 11.8 Å². The van der Waals surface area contributed by atoms with Crippen molar-refractivity contribution in [1.82, 2.24) is 4.90 Å². The van der Waals surface area contributed by atoms with Gasteiger partial charge in [0.05, 0.1) is 5.25 Å². The van der Waals surface area contributed by atoms with Crippen LogP contribution < -0.4 is 0 Å². The maximum absolute atomic E-state index is 12.1. The summed E-state index contributed by atoms with van der Waals surface area (Å²) < 4.78 is 0. The van der Waals surface area contributed by atoms with Crippen LogP contribution in [0.2, 0.25) is 0 Å². The van der Waals surface area contributed by atoms with Gasteiger partial charge in [0.15, 0.2) is 0 Å². The Labute approximate surface area is 127 Å². The monoisotopic (exact) mass is 299 g/mol. The zero-order valence-electron chi connectivity index (χ0n) is 13.4. The molecule has 0 aliphatic carbocycles. The lowest BCUT2D eigenvalue weighted by atomic mass is 10.0. The molecule has 0 N–H and O–H groups in total. The predicted molar refractivity (Wildman–Crippen MR) is 85.8 cm³/mol. The van der Waals surface area contributed by atoms with Crippen LogP contribution in [-0.4, -0.2) is 33.8 Å². The van der Waals surface area contributed by atoms with Gasteiger partial charge in [-0.2, -0.15) is 0 Å². The van der Waals surface area contributed by atoms with Crippen molar-refractivity contribution in [2.75, 3.05) is 6.54 Å². The van der Waals surface area contributed by atoms with Crippen LogP contribution in [0.25, 0.3) is 0 Å². The highest BCUT2D eigenvalue weighted by Gasteiger charge is 2.38. The van der Waals surface area contributed by atoms with Gasteiger partial charge in [-0.05, 0) is 17.6 Å². The Morgan fingerprint density at radius 3 is 2.35 bits per heavy atom. The molecule has 116 valence electrons. The summed E-state index contributed by atoms with van der Waals surface area (Å²) >= 11 is 1.62. The number of imide groups is 1. The van der Waals surface area contributed by atoms with Crippen molar-refractivity contribution in [2.24, 2.45) is 5.92 Å². The molecule has 0 spiro atoms. The minimum absolute atomic E-state index is 0.0235. The van der Waals surface area contributed by atoms with E-state index in [0.29, 0.717) is 18.2 Å². The summed E-state index contributed by atoms with van der Waals surface area (Å²) in [7, 11) is 0. The van der Waals surface area contributed by atoms with Gasteiger partial charge in [-0.1, -0.05) is 53.4 Å². The molecule has 0 saturated carbocycles. The first-order valence-corrected chi connectivity index (χ1v) is 8.85. The average molecular weight is 299 g/mol. The summed E-state index contributed by atoms with van der Waals surface area (Å²) in [5, 5.41) is 0.260. The second-order valence-corrected chi connectivity index (χ2v) is 8.14. The van der Waals surface area contributed by atoms with Crippen molar-refractivity contribution >= 4 is 23.6 Å². The number of amides is 2. The Morgan fingerprint density at radius 1 is 1.10 bits per heavy atom. The van der Waals surface area contributed by atoms with E-state index in [0.717, 1.165) is 18.8 Å². The van der Waals surface area contributed by atoms with Crippen molar-refractivity contribution in [3.8, 4) is 0 Å². The number of carbonyl (C=O) groups excluding carboxylic acids is 2. The zero-order valence-corrected chi connectivity index (χ0v) is 14.2. The number of rotatable bonds is 9. The summed E-state index contributed by atoms with van der Waals surface area (Å²) in [5.41, 5.74) is 0. The van der Waals surface area contributed by atoms with Crippen LogP contribution in [0.15, 0.2) is 0 Å². The normalized spacial score (nSPS) is 19.7. The number of thioether (sulfide) groups is 1. The van der Waals surface area contributed by atoms with E-state index < -0.39 is 0 Å². The first-order valence-electron chi connectivity index (χ1n) is 7.91. The molecule has 2 amide bonds. The highest BCUT2D eigenvalue weighted by molar-refractivity contribution is 8.01. The van der Waals surface area contributed by atoms with Crippen LogP contribution in [0.5, 0.6) is 0 Å². The molecule has 0 aromatic carbocycles. The Morgan fingerprint density at radius 2 is 1.75 bits per heavy atom. The molecule has 1 atom stereocenters. The number of hydrogen-bond acceptors (Lipinski definition) is 3. The molecule has 1 fully saturated rings. The van der Waals surface area contributed by atoms with E-state index in [2.05, 4.69) is 27.7 Å². The second-order valence-electron chi connectivity index (χ2n) is 6.36. The van der Waals surface area contributed by atoms with Gasteiger partial charge in [-0.15, -0.1) is 11.8 Å². The van der Waals surface area contributed by atoms with E-state index in [1.165, 1.54) is 24.2 Å². The van der Waals surface area contributed by atoms with E-state index in [4.69, 9.17) is 0 Å². The summed E-state index contributed by atoms with van der Waals surface area (Å²) in [6, 6.07) is 0. The summed E-state index contributed by atoms with van der Waals surface area (Å²) in [6.07, 6.45) is 6.20. The molecular formula is C16H29NO2S. The topological polar surface area (TPSA) is 37.4 Å². The molecule has 3 nitrogen and oxygen atoms in total. The standard InChI is InChI=1S/C16H29NO2S/c1-12(2)9-7-5-6-8-10-17-15(18)11-14(16(17)19)20-13(3)4/h12-14H,5-11H2,1-4H3. The Bertz CT molecular complexity index is 328. The molecule has 1 unspecified atom stereocenters. The highest BCUT2D eigenvalue weighted by Crippen LogP contribution is 2.28. The number of unbranched alkanes of at least 4 members (excludes halogenated alkanes) is 3. The van der Waals surface area contributed by atoms with E-state index in [1.807, 2.05) is 0 Å². The molecule has 1 aliphatic heterocycles. The minimum atomic E-state index is -0.136. The van der Waals surface area contributed by atoms with Gasteiger partial charge in [-0.25, -0.2) is 0 Å². The van der Waals surface area contributed by atoms with Crippen molar-refractivity contribution < 1.29 is 9.59 Å². The van der Waals surface area contributed by atoms with Crippen LogP contribution in [0.1, 0.15) is 66.2 Å². The number of hydrogen-bond donors (Lipinski definition) is 0. The summed E-state index contributed by atoms with van der Waals surface area (Å²) in [5.74, 6) is 0.830. The minimum Gasteiger partial charge on any atom is -0.282 e. The smallest absolute Gasteiger partial charge is 0.242 e. The third-order valence-corrected chi connectivity index (χ3v) is 4.79. The molecule has 20 heavy (non-hydrogen) atoms. The van der Waals surface area contributed by atoms with Crippen molar-refractivity contribution in [1.29, 1.82) is 0 Å². The molecular weight excluding hydrogens is 270 g/mol. The van der Waals surface area contributed by atoms with Gasteiger partial charge < -0.3 is 0 Å². The fraction of sp³-hybridized carbons (Fsp3) is 0.875. The third-order valence-electron chi connectivity index (χ3n) is 3.55. The molecule has 0 aromatic rings. The average Bonchev–Trinajstić information content (AvgIpc) is 2.59. The molecule has 1 heterocycles. The van der Waals surface area contributed by atoms with Crippen molar-refractivity contribution in [3.63, 3.8) is 0 Å². The summed E-state index contributed by atoms with van der Waals surface area (Å²) in [6.45, 7) is 9.25. The van der Waals surface area contributed by atoms with Crippen LogP contribution in [0, 0.1) is 5.92 Å². The maximum Gasteiger partial charge on any atom is 0.242 e. The van der Waals surface area contributed by atoms with Crippen molar-refractivity contribution in [2.45, 2.75) is 76.7 Å². The Hall–Kier alpha value is -0.510. The Balaban J connectivity index is 2.23. The number of carbonyl (C=O) groups is 2. The van der Waals surface area contributed by atoms with Gasteiger partial charge in [0, 0.05) is 13.0 Å². The fourth-order valence-electron chi connectivity index (χ4n) is 2.50. The van der Waals surface area contributed by atoms with Crippen molar-refractivity contribution in [3.05, 3.63) is 0 Å². The molecule has 1 saturated heterocycles. The summed E-state index contributed by atoms with van der Waals surface area (Å²) in [4.78, 5) is 25.5. The SMILES string of the molecule is CC(C)CCCCCCN1C(=O)CC(SC(C)C)C1=O. The molecule has 1 rings (SSSR count). The zero-order chi connectivity index (χ0) is 15.1. The maximum atomic E-state index is 12.1. The third kappa shape index (κ3) is 5.86. The fourth-order valence-corrected chi connectivity index (χ4v) is 3.64. The Kier molecular flexibility index (Phi) is 7.63.